The Bertz CT molecular complexity index is 624. The third kappa shape index (κ3) is 4.72. The minimum atomic E-state index is -0.565. The van der Waals surface area contributed by atoms with Crippen LogP contribution in [0.15, 0.2) is 39.8 Å². The maximum atomic E-state index is 11.5. The number of urea groups is 1. The predicted octanol–water partition coefficient (Wildman–Crippen LogP) is 1.90. The molecule has 0 saturated carbocycles. The molecule has 0 bridgehead atoms. The van der Waals surface area contributed by atoms with Gasteiger partial charge in [-0.3, -0.25) is 10.1 Å². The number of aromatic nitrogens is 2. The van der Waals surface area contributed by atoms with Crippen LogP contribution in [-0.2, 0) is 4.79 Å². The first kappa shape index (κ1) is 15.3. The van der Waals surface area contributed by atoms with Gasteiger partial charge in [-0.2, -0.15) is 0 Å². The summed E-state index contributed by atoms with van der Waals surface area (Å²) in [6.45, 7) is 3.74. The second kappa shape index (κ2) is 7.60. The van der Waals surface area contributed by atoms with Crippen molar-refractivity contribution in [3.05, 3.63) is 30.2 Å². The highest BCUT2D eigenvalue weighted by Gasteiger charge is 2.12. The molecule has 0 atom stereocenters. The van der Waals surface area contributed by atoms with Crippen molar-refractivity contribution in [1.82, 2.24) is 20.8 Å². The number of thiophene rings is 1. The zero-order valence-corrected chi connectivity index (χ0v) is 12.5. The van der Waals surface area contributed by atoms with Crippen LogP contribution in [0.5, 0.6) is 0 Å². The van der Waals surface area contributed by atoms with E-state index in [1.165, 1.54) is 17.4 Å². The van der Waals surface area contributed by atoms with Gasteiger partial charge in [-0.05, 0) is 11.4 Å². The smallest absolute Gasteiger partial charge is 0.321 e. The summed E-state index contributed by atoms with van der Waals surface area (Å²) in [5.74, 6) is -0.0257. The number of carbonyl (C=O) groups excluding carboxylic acids is 2. The van der Waals surface area contributed by atoms with Gasteiger partial charge in [0.15, 0.2) is 0 Å². The summed E-state index contributed by atoms with van der Waals surface area (Å²) < 4.78 is 5.41. The topological polar surface area (TPSA) is 97.1 Å². The number of carbonyl (C=O) groups is 2. The van der Waals surface area contributed by atoms with Gasteiger partial charge >= 0.3 is 6.03 Å². The van der Waals surface area contributed by atoms with Crippen LogP contribution in [0.3, 0.4) is 0 Å². The molecule has 0 radical (unpaired) electrons. The van der Waals surface area contributed by atoms with Gasteiger partial charge in [0.05, 0.1) is 10.6 Å². The van der Waals surface area contributed by atoms with E-state index in [2.05, 4.69) is 27.4 Å². The fraction of sp³-hybridized carbons (Fsp3) is 0.167. The fourth-order valence-corrected chi connectivity index (χ4v) is 2.47. The summed E-state index contributed by atoms with van der Waals surface area (Å²) in [5, 5.41) is 14.5. The van der Waals surface area contributed by atoms with Crippen molar-refractivity contribution < 1.29 is 14.0 Å². The van der Waals surface area contributed by atoms with E-state index >= 15 is 0 Å². The first-order valence-corrected chi connectivity index (χ1v) is 7.74. The lowest BCUT2D eigenvalue weighted by Crippen LogP contribution is -2.40. The van der Waals surface area contributed by atoms with Gasteiger partial charge in [0, 0.05) is 6.54 Å². The molecular weight excluding hydrogens is 312 g/mol. The Morgan fingerprint density at radius 3 is 3.05 bits per heavy atom. The van der Waals surface area contributed by atoms with Crippen molar-refractivity contribution in [2.24, 2.45) is 0 Å². The summed E-state index contributed by atoms with van der Waals surface area (Å²) >= 11 is 2.55. The van der Waals surface area contributed by atoms with Crippen LogP contribution in [0.2, 0.25) is 0 Å². The van der Waals surface area contributed by atoms with Crippen molar-refractivity contribution >= 4 is 35.0 Å². The van der Waals surface area contributed by atoms with Crippen LogP contribution >= 0.6 is 23.1 Å². The van der Waals surface area contributed by atoms with E-state index in [9.17, 15) is 9.59 Å². The van der Waals surface area contributed by atoms with E-state index < -0.39 is 11.9 Å². The third-order valence-electron chi connectivity index (χ3n) is 2.13. The lowest BCUT2D eigenvalue weighted by Gasteiger charge is -2.03. The van der Waals surface area contributed by atoms with Crippen molar-refractivity contribution in [1.29, 1.82) is 0 Å². The first-order valence-electron chi connectivity index (χ1n) is 5.88. The minimum Gasteiger partial charge on any atom is -0.410 e. The van der Waals surface area contributed by atoms with Crippen LogP contribution in [0.25, 0.3) is 10.8 Å². The second-order valence-electron chi connectivity index (χ2n) is 3.69. The zero-order valence-electron chi connectivity index (χ0n) is 10.9. The number of rotatable bonds is 6. The molecule has 0 spiro atoms. The lowest BCUT2D eigenvalue weighted by atomic mass is 10.5. The Balaban J connectivity index is 1.79. The Labute approximate surface area is 128 Å². The van der Waals surface area contributed by atoms with E-state index in [1.54, 1.807) is 0 Å². The van der Waals surface area contributed by atoms with Crippen molar-refractivity contribution in [3.63, 3.8) is 0 Å². The van der Waals surface area contributed by atoms with Crippen molar-refractivity contribution in [2.45, 2.75) is 5.22 Å². The number of nitrogens with one attached hydrogen (secondary N) is 2. The molecule has 2 heterocycles. The maximum absolute atomic E-state index is 11.5. The van der Waals surface area contributed by atoms with E-state index in [0.29, 0.717) is 12.4 Å². The van der Waals surface area contributed by atoms with Gasteiger partial charge in [-0.15, -0.1) is 28.1 Å². The van der Waals surface area contributed by atoms with Gasteiger partial charge in [-0.1, -0.05) is 23.9 Å². The quantitative estimate of drug-likeness (QED) is 0.622. The van der Waals surface area contributed by atoms with Crippen LogP contribution in [-0.4, -0.2) is 34.4 Å². The highest BCUT2D eigenvalue weighted by atomic mass is 32.2. The molecular formula is C12H12N4O3S2. The molecule has 2 rings (SSSR count). The summed E-state index contributed by atoms with van der Waals surface area (Å²) in [5.41, 5.74) is 0. The molecule has 21 heavy (non-hydrogen) atoms. The highest BCUT2D eigenvalue weighted by Crippen LogP contribution is 2.26. The SMILES string of the molecule is C=CCNC(=O)NC(=O)CSc1nnc(-c2cccs2)o1. The third-order valence-corrected chi connectivity index (χ3v) is 3.80. The molecule has 0 aliphatic heterocycles. The average Bonchev–Trinajstić information content (AvgIpc) is 3.13. The molecule has 2 aromatic rings. The number of amides is 3. The number of hydrogen-bond acceptors (Lipinski definition) is 7. The molecule has 2 aromatic heterocycles. The van der Waals surface area contributed by atoms with Crippen LogP contribution in [0.1, 0.15) is 0 Å². The largest absolute Gasteiger partial charge is 0.410 e. The van der Waals surface area contributed by atoms with E-state index in [0.717, 1.165) is 16.6 Å². The number of imide groups is 1. The van der Waals surface area contributed by atoms with E-state index in [4.69, 9.17) is 4.42 Å². The van der Waals surface area contributed by atoms with Gasteiger partial charge in [0.25, 0.3) is 11.1 Å². The highest BCUT2D eigenvalue weighted by molar-refractivity contribution is 7.99. The molecule has 0 aromatic carbocycles. The Morgan fingerprint density at radius 2 is 2.33 bits per heavy atom. The monoisotopic (exact) mass is 324 g/mol. The van der Waals surface area contributed by atoms with Crippen molar-refractivity contribution in [2.75, 3.05) is 12.3 Å². The van der Waals surface area contributed by atoms with Crippen LogP contribution in [0, 0.1) is 0 Å². The van der Waals surface area contributed by atoms with Crippen LogP contribution in [0.4, 0.5) is 4.79 Å². The lowest BCUT2D eigenvalue weighted by molar-refractivity contribution is -0.117. The predicted molar refractivity (Wildman–Crippen MR) is 80.1 cm³/mol. The summed E-state index contributed by atoms with van der Waals surface area (Å²) in [6.07, 6.45) is 1.52. The second-order valence-corrected chi connectivity index (χ2v) is 5.56. The molecule has 2 N–H and O–H groups in total. The minimum absolute atomic E-state index is 0.00752. The molecule has 0 unspecified atom stereocenters. The van der Waals surface area contributed by atoms with Gasteiger partial charge < -0.3 is 9.73 Å². The molecule has 7 nitrogen and oxygen atoms in total. The summed E-state index contributed by atoms with van der Waals surface area (Å²) in [7, 11) is 0. The molecule has 0 saturated heterocycles. The van der Waals surface area contributed by atoms with Crippen molar-refractivity contribution in [3.8, 4) is 10.8 Å². The van der Waals surface area contributed by atoms with Gasteiger partial charge in [-0.25, -0.2) is 4.79 Å². The molecule has 0 aliphatic carbocycles. The number of nitrogens with zero attached hydrogens (tertiary/aromatic N) is 2. The van der Waals surface area contributed by atoms with E-state index in [-0.39, 0.29) is 11.0 Å². The molecule has 9 heteroatoms. The normalized spacial score (nSPS) is 10.1. The fourth-order valence-electron chi connectivity index (χ4n) is 1.27. The Hall–Kier alpha value is -2.13. The first-order chi connectivity index (χ1) is 10.2. The standard InChI is InChI=1S/C12H12N4O3S2/c1-2-5-13-11(18)14-9(17)7-21-12-16-15-10(19-12)8-4-3-6-20-8/h2-4,6H,1,5,7H2,(H2,13,14,17,18). The van der Waals surface area contributed by atoms with E-state index in [1.807, 2.05) is 17.5 Å². The Kier molecular flexibility index (Phi) is 5.52. The molecule has 0 fully saturated rings. The average molecular weight is 324 g/mol. The molecule has 3 amide bonds. The zero-order chi connectivity index (χ0) is 15.1. The maximum Gasteiger partial charge on any atom is 0.321 e. The summed E-state index contributed by atoms with van der Waals surface area (Å²) in [4.78, 5) is 23.6. The van der Waals surface area contributed by atoms with Gasteiger partial charge in [0.1, 0.15) is 0 Å². The Morgan fingerprint density at radius 1 is 1.48 bits per heavy atom. The van der Waals surface area contributed by atoms with Gasteiger partial charge in [0.2, 0.25) is 5.91 Å². The molecule has 0 aliphatic rings. The van der Waals surface area contributed by atoms with Crippen LogP contribution < -0.4 is 10.6 Å². The number of hydrogen-bond donors (Lipinski definition) is 2. The number of thioether (sulfide) groups is 1. The summed E-state index contributed by atoms with van der Waals surface area (Å²) in [6, 6.07) is 3.18. The molecule has 110 valence electrons.